The molecule has 1 aromatic carbocycles. The summed E-state index contributed by atoms with van der Waals surface area (Å²) in [5.41, 5.74) is 0.471. The molecule has 32 heavy (non-hydrogen) atoms. The van der Waals surface area contributed by atoms with E-state index in [-0.39, 0.29) is 35.6 Å². The summed E-state index contributed by atoms with van der Waals surface area (Å²) >= 11 is 0. The molecule has 1 aliphatic carbocycles. The molecule has 5 rings (SSSR count). The zero-order chi connectivity index (χ0) is 22.4. The molecule has 3 saturated heterocycles. The summed E-state index contributed by atoms with van der Waals surface area (Å²) in [6, 6.07) is 4.79. The Bertz CT molecular complexity index is 944. The first-order valence-corrected chi connectivity index (χ1v) is 11.3. The summed E-state index contributed by atoms with van der Waals surface area (Å²) in [5.74, 6) is 0.0467. The van der Waals surface area contributed by atoms with Gasteiger partial charge in [-0.2, -0.15) is 0 Å². The number of hydrogen-bond donors (Lipinski definition) is 2. The molecule has 0 bridgehead atoms. The largest absolute Gasteiger partial charge is 0.497 e. The third kappa shape index (κ3) is 3.49. The van der Waals surface area contributed by atoms with Crippen molar-refractivity contribution >= 4 is 23.6 Å². The number of fused-ring (bicyclic) bond motifs is 2. The van der Waals surface area contributed by atoms with Gasteiger partial charge >= 0.3 is 0 Å². The van der Waals surface area contributed by atoms with E-state index in [1.165, 1.54) is 0 Å². The van der Waals surface area contributed by atoms with Crippen molar-refractivity contribution in [1.82, 2.24) is 20.4 Å². The number of carbonyl (C=O) groups is 4. The highest BCUT2D eigenvalue weighted by Gasteiger charge is 2.52. The van der Waals surface area contributed by atoms with Gasteiger partial charge < -0.3 is 25.2 Å². The first kappa shape index (κ1) is 20.8. The fourth-order valence-electron chi connectivity index (χ4n) is 5.25. The van der Waals surface area contributed by atoms with Gasteiger partial charge in [-0.25, -0.2) is 0 Å². The molecule has 0 spiro atoms. The van der Waals surface area contributed by atoms with Crippen molar-refractivity contribution in [2.24, 2.45) is 5.92 Å². The fourth-order valence-corrected chi connectivity index (χ4v) is 5.25. The maximum absolute atomic E-state index is 13.5. The van der Waals surface area contributed by atoms with E-state index in [0.29, 0.717) is 37.2 Å². The van der Waals surface area contributed by atoms with E-state index in [2.05, 4.69) is 10.6 Å². The molecule has 4 aliphatic rings. The Labute approximate surface area is 186 Å². The molecule has 4 amide bonds. The van der Waals surface area contributed by atoms with E-state index in [0.717, 1.165) is 19.3 Å². The number of hydrogen-bond acceptors (Lipinski definition) is 5. The lowest BCUT2D eigenvalue weighted by Gasteiger charge is -2.29. The van der Waals surface area contributed by atoms with Crippen LogP contribution in [-0.4, -0.2) is 77.8 Å². The maximum atomic E-state index is 13.5. The van der Waals surface area contributed by atoms with Gasteiger partial charge in [0.1, 0.15) is 17.8 Å². The Morgan fingerprint density at radius 1 is 1.12 bits per heavy atom. The number of rotatable bonds is 4. The van der Waals surface area contributed by atoms with Crippen molar-refractivity contribution in [2.45, 2.75) is 56.3 Å². The average molecular weight is 441 g/mol. The van der Waals surface area contributed by atoms with E-state index < -0.39 is 18.1 Å². The normalized spacial score (nSPS) is 29.5. The molecule has 0 aromatic heterocycles. The molecule has 9 nitrogen and oxygen atoms in total. The third-order valence-corrected chi connectivity index (χ3v) is 7.29. The van der Waals surface area contributed by atoms with E-state index in [4.69, 9.17) is 4.74 Å². The molecule has 4 atom stereocenters. The van der Waals surface area contributed by atoms with E-state index in [1.54, 1.807) is 41.2 Å². The quantitative estimate of drug-likeness (QED) is 0.700. The number of nitrogens with zero attached hydrogens (tertiary/aromatic N) is 2. The summed E-state index contributed by atoms with van der Waals surface area (Å²) in [4.78, 5) is 55.1. The van der Waals surface area contributed by atoms with Gasteiger partial charge in [0.2, 0.25) is 17.7 Å². The monoisotopic (exact) mass is 440 g/mol. The summed E-state index contributed by atoms with van der Waals surface area (Å²) in [6.45, 7) is 0.690. The first-order chi connectivity index (χ1) is 15.5. The van der Waals surface area contributed by atoms with Crippen LogP contribution in [-0.2, 0) is 14.4 Å². The standard InChI is InChI=1S/C23H28N4O5/c1-32-16-7-5-14(6-8-16)22(30)26-10-9-17-19(26)23(31)27-12-15(11-18(27)21(29)25-17)24-20(28)13-3-2-4-13/h5-8,13,15,17-19H,2-4,9-12H2,1H3,(H,24,28)(H,25,29)/t15-,17-,18+,19-/m0/s1. The molecule has 4 fully saturated rings. The number of likely N-dealkylation sites (tertiary alicyclic amines) is 1. The summed E-state index contributed by atoms with van der Waals surface area (Å²) in [5, 5.41) is 6.01. The Hall–Kier alpha value is -3.10. The molecule has 3 aliphatic heterocycles. The van der Waals surface area contributed by atoms with E-state index in [9.17, 15) is 19.2 Å². The second-order valence-electron chi connectivity index (χ2n) is 9.15. The van der Waals surface area contributed by atoms with Crippen LogP contribution >= 0.6 is 0 Å². The van der Waals surface area contributed by atoms with Gasteiger partial charge in [0.25, 0.3) is 5.91 Å². The highest BCUT2D eigenvalue weighted by molar-refractivity contribution is 6.01. The Kier molecular flexibility index (Phi) is 5.27. The average Bonchev–Trinajstić information content (AvgIpc) is 3.34. The number of methoxy groups -OCH3 is 1. The van der Waals surface area contributed by atoms with Gasteiger partial charge in [0.15, 0.2) is 0 Å². The summed E-state index contributed by atoms with van der Waals surface area (Å²) in [7, 11) is 1.56. The van der Waals surface area contributed by atoms with Gasteiger partial charge in [-0.05, 0) is 49.9 Å². The number of benzene rings is 1. The zero-order valence-corrected chi connectivity index (χ0v) is 18.1. The minimum atomic E-state index is -0.736. The van der Waals surface area contributed by atoms with Crippen LogP contribution < -0.4 is 15.4 Å². The van der Waals surface area contributed by atoms with Crippen LogP contribution in [0.1, 0.15) is 42.5 Å². The molecule has 1 saturated carbocycles. The Morgan fingerprint density at radius 2 is 1.88 bits per heavy atom. The predicted octanol–water partition coefficient (Wildman–Crippen LogP) is 0.294. The van der Waals surface area contributed by atoms with Crippen molar-refractivity contribution in [1.29, 1.82) is 0 Å². The lowest BCUT2D eigenvalue weighted by Crippen LogP contribution is -2.52. The third-order valence-electron chi connectivity index (χ3n) is 7.29. The second kappa shape index (κ2) is 8.11. The predicted molar refractivity (Wildman–Crippen MR) is 114 cm³/mol. The van der Waals surface area contributed by atoms with Crippen molar-refractivity contribution < 1.29 is 23.9 Å². The van der Waals surface area contributed by atoms with Crippen molar-refractivity contribution in [3.8, 4) is 5.75 Å². The van der Waals surface area contributed by atoms with Gasteiger partial charge in [0, 0.05) is 30.6 Å². The molecule has 0 unspecified atom stereocenters. The first-order valence-electron chi connectivity index (χ1n) is 11.3. The molecular weight excluding hydrogens is 412 g/mol. The SMILES string of the molecule is COc1ccc(C(=O)N2CC[C@@H]3NC(=O)[C@H]4C[C@H](NC(=O)C5CCC5)CN4C(=O)[C@H]32)cc1. The van der Waals surface area contributed by atoms with Crippen LogP contribution in [0, 0.1) is 5.92 Å². The minimum absolute atomic E-state index is 0.0156. The summed E-state index contributed by atoms with van der Waals surface area (Å²) in [6.07, 6.45) is 3.81. The number of carbonyl (C=O) groups excluding carboxylic acids is 4. The molecule has 170 valence electrons. The zero-order valence-electron chi connectivity index (χ0n) is 18.1. The van der Waals surface area contributed by atoms with Crippen LogP contribution in [0.5, 0.6) is 5.75 Å². The highest BCUT2D eigenvalue weighted by atomic mass is 16.5. The van der Waals surface area contributed by atoms with Crippen LogP contribution in [0.15, 0.2) is 24.3 Å². The number of amides is 4. The van der Waals surface area contributed by atoms with Crippen molar-refractivity contribution in [3.05, 3.63) is 29.8 Å². The summed E-state index contributed by atoms with van der Waals surface area (Å²) < 4.78 is 5.15. The lowest BCUT2D eigenvalue weighted by molar-refractivity contribution is -0.138. The van der Waals surface area contributed by atoms with Crippen molar-refractivity contribution in [3.63, 3.8) is 0 Å². The lowest BCUT2D eigenvalue weighted by atomic mass is 9.84. The van der Waals surface area contributed by atoms with Crippen LogP contribution in [0.3, 0.4) is 0 Å². The highest BCUT2D eigenvalue weighted by Crippen LogP contribution is 2.31. The van der Waals surface area contributed by atoms with Gasteiger partial charge in [-0.1, -0.05) is 6.42 Å². The number of nitrogens with one attached hydrogen (secondary N) is 2. The van der Waals surface area contributed by atoms with Crippen molar-refractivity contribution in [2.75, 3.05) is 20.2 Å². The molecule has 1 aromatic rings. The smallest absolute Gasteiger partial charge is 0.254 e. The minimum Gasteiger partial charge on any atom is -0.497 e. The molecule has 9 heteroatoms. The van der Waals surface area contributed by atoms with Gasteiger partial charge in [0.05, 0.1) is 13.2 Å². The number of ether oxygens (including phenoxy) is 1. The van der Waals surface area contributed by atoms with E-state index in [1.807, 2.05) is 0 Å². The molecule has 3 heterocycles. The fraction of sp³-hybridized carbons (Fsp3) is 0.565. The second-order valence-corrected chi connectivity index (χ2v) is 9.15. The Balaban J connectivity index is 1.33. The van der Waals surface area contributed by atoms with E-state index >= 15 is 0 Å². The van der Waals surface area contributed by atoms with Crippen LogP contribution in [0.25, 0.3) is 0 Å². The van der Waals surface area contributed by atoms with Gasteiger partial charge in [-0.15, -0.1) is 0 Å². The molecular formula is C23H28N4O5. The van der Waals surface area contributed by atoms with Crippen LogP contribution in [0.2, 0.25) is 0 Å². The molecule has 0 radical (unpaired) electrons. The molecule has 2 N–H and O–H groups in total. The Morgan fingerprint density at radius 3 is 2.53 bits per heavy atom. The topological polar surface area (TPSA) is 108 Å². The van der Waals surface area contributed by atoms with Crippen LogP contribution in [0.4, 0.5) is 0 Å². The van der Waals surface area contributed by atoms with Gasteiger partial charge in [-0.3, -0.25) is 19.2 Å². The maximum Gasteiger partial charge on any atom is 0.254 e.